The van der Waals surface area contributed by atoms with Crippen LogP contribution in [0.4, 0.5) is 0 Å². The smallest absolute Gasteiger partial charge is 0.229 e. The molecule has 0 bridgehead atoms. The van der Waals surface area contributed by atoms with Crippen molar-refractivity contribution >= 4 is 17.6 Å². The number of amides is 2. The summed E-state index contributed by atoms with van der Waals surface area (Å²) in [6.07, 6.45) is 1.25. The van der Waals surface area contributed by atoms with Gasteiger partial charge in [0.25, 0.3) is 0 Å². The van der Waals surface area contributed by atoms with Gasteiger partial charge in [0.1, 0.15) is 5.75 Å². The van der Waals surface area contributed by atoms with Crippen LogP contribution in [0.2, 0.25) is 0 Å². The molecule has 1 heterocycles. The normalized spacial score (nSPS) is 15.3. The van der Waals surface area contributed by atoms with Gasteiger partial charge in [0, 0.05) is 18.4 Å². The molecule has 106 valence electrons. The molecule has 0 unspecified atom stereocenters. The monoisotopic (exact) mass is 275 g/mol. The number of likely N-dealkylation sites (tertiary alicyclic amines) is 1. The van der Waals surface area contributed by atoms with Crippen molar-refractivity contribution in [3.8, 4) is 5.75 Å². The summed E-state index contributed by atoms with van der Waals surface area (Å²) < 4.78 is 5.29. The zero-order chi connectivity index (χ0) is 14.5. The number of Topliss-reactive ketones (excluding diaryl/α,β-unsaturated/α-hetero) is 1. The highest BCUT2D eigenvalue weighted by molar-refractivity contribution is 6.05. The van der Waals surface area contributed by atoms with Gasteiger partial charge in [-0.2, -0.15) is 0 Å². The van der Waals surface area contributed by atoms with Crippen LogP contribution in [0, 0.1) is 0 Å². The number of carbonyl (C=O) groups is 3. The molecule has 5 heteroatoms. The number of hydrogen-bond donors (Lipinski definition) is 0. The molecule has 0 saturated carbocycles. The Bertz CT molecular complexity index is 505. The Morgan fingerprint density at radius 3 is 2.30 bits per heavy atom. The summed E-state index contributed by atoms with van der Waals surface area (Å²) in [6.45, 7) is 2.27. The van der Waals surface area contributed by atoms with E-state index >= 15 is 0 Å². The first-order valence-electron chi connectivity index (χ1n) is 6.71. The van der Waals surface area contributed by atoms with E-state index in [0.717, 1.165) is 4.90 Å². The van der Waals surface area contributed by atoms with Crippen LogP contribution in [0.15, 0.2) is 24.3 Å². The summed E-state index contributed by atoms with van der Waals surface area (Å²) in [7, 11) is 0. The second-order valence-corrected chi connectivity index (χ2v) is 4.61. The zero-order valence-electron chi connectivity index (χ0n) is 11.4. The zero-order valence-corrected chi connectivity index (χ0v) is 11.4. The third-order valence-electron chi connectivity index (χ3n) is 3.17. The van der Waals surface area contributed by atoms with E-state index in [2.05, 4.69) is 0 Å². The molecule has 1 saturated heterocycles. The van der Waals surface area contributed by atoms with Crippen LogP contribution < -0.4 is 4.74 Å². The van der Waals surface area contributed by atoms with Crippen molar-refractivity contribution in [2.75, 3.05) is 13.2 Å². The molecular formula is C15H17NO4. The Hall–Kier alpha value is -2.17. The largest absolute Gasteiger partial charge is 0.494 e. The first kappa shape index (κ1) is 14.2. The van der Waals surface area contributed by atoms with Crippen molar-refractivity contribution in [2.24, 2.45) is 0 Å². The number of nitrogens with zero attached hydrogens (tertiary/aromatic N) is 1. The number of carbonyl (C=O) groups excluding carboxylic acids is 3. The molecule has 20 heavy (non-hydrogen) atoms. The fourth-order valence-electron chi connectivity index (χ4n) is 2.11. The average molecular weight is 275 g/mol. The Labute approximate surface area is 117 Å². The van der Waals surface area contributed by atoms with Gasteiger partial charge in [-0.1, -0.05) is 0 Å². The molecule has 0 atom stereocenters. The second kappa shape index (κ2) is 6.32. The molecule has 1 aliphatic rings. The number of benzene rings is 1. The van der Waals surface area contributed by atoms with Crippen molar-refractivity contribution in [2.45, 2.75) is 26.2 Å². The van der Waals surface area contributed by atoms with Crippen molar-refractivity contribution in [3.63, 3.8) is 0 Å². The van der Waals surface area contributed by atoms with E-state index < -0.39 is 0 Å². The summed E-state index contributed by atoms with van der Waals surface area (Å²) in [5, 5.41) is 0. The topological polar surface area (TPSA) is 63.7 Å². The van der Waals surface area contributed by atoms with E-state index in [-0.39, 0.29) is 24.1 Å². The number of rotatable bonds is 5. The van der Waals surface area contributed by atoms with Crippen molar-refractivity contribution < 1.29 is 19.1 Å². The van der Waals surface area contributed by atoms with E-state index in [0.29, 0.717) is 37.2 Å². The molecule has 2 amide bonds. The molecular weight excluding hydrogens is 258 g/mol. The van der Waals surface area contributed by atoms with Crippen LogP contribution in [-0.2, 0) is 9.59 Å². The van der Waals surface area contributed by atoms with E-state index in [4.69, 9.17) is 4.74 Å². The number of ketones is 1. The molecule has 1 aromatic rings. The molecule has 5 nitrogen and oxygen atoms in total. The van der Waals surface area contributed by atoms with Gasteiger partial charge in [-0.3, -0.25) is 19.3 Å². The minimum atomic E-state index is -0.263. The lowest BCUT2D eigenvalue weighted by Gasteiger charge is -2.24. The predicted octanol–water partition coefficient (Wildman–Crippen LogP) is 1.81. The predicted molar refractivity (Wildman–Crippen MR) is 72.5 cm³/mol. The molecule has 1 aromatic carbocycles. The van der Waals surface area contributed by atoms with Gasteiger partial charge in [-0.05, 0) is 37.6 Å². The summed E-state index contributed by atoms with van der Waals surface area (Å²) in [6, 6.07) is 6.70. The van der Waals surface area contributed by atoms with E-state index in [1.165, 1.54) is 0 Å². The Morgan fingerprint density at radius 2 is 1.75 bits per heavy atom. The van der Waals surface area contributed by atoms with Crippen LogP contribution >= 0.6 is 0 Å². The Balaban J connectivity index is 2.03. The molecule has 0 radical (unpaired) electrons. The van der Waals surface area contributed by atoms with Gasteiger partial charge in [0.2, 0.25) is 11.8 Å². The maximum Gasteiger partial charge on any atom is 0.229 e. The summed E-state index contributed by atoms with van der Waals surface area (Å²) >= 11 is 0. The number of imide groups is 1. The summed E-state index contributed by atoms with van der Waals surface area (Å²) in [5.41, 5.74) is 0.472. The number of ether oxygens (including phenoxy) is 1. The minimum Gasteiger partial charge on any atom is -0.494 e. The maximum absolute atomic E-state index is 12.1. The van der Waals surface area contributed by atoms with Gasteiger partial charge >= 0.3 is 0 Å². The van der Waals surface area contributed by atoms with Crippen molar-refractivity contribution in [3.05, 3.63) is 29.8 Å². The highest BCUT2D eigenvalue weighted by Crippen LogP contribution is 2.15. The summed E-state index contributed by atoms with van der Waals surface area (Å²) in [5.74, 6) is -0.0769. The summed E-state index contributed by atoms with van der Waals surface area (Å²) in [4.78, 5) is 36.4. The Kier molecular flexibility index (Phi) is 4.50. The third kappa shape index (κ3) is 3.23. The van der Waals surface area contributed by atoms with E-state index in [1.54, 1.807) is 24.3 Å². The highest BCUT2D eigenvalue weighted by Gasteiger charge is 2.27. The van der Waals surface area contributed by atoms with Crippen LogP contribution in [0.3, 0.4) is 0 Å². The van der Waals surface area contributed by atoms with Gasteiger partial charge in [-0.15, -0.1) is 0 Å². The second-order valence-electron chi connectivity index (χ2n) is 4.61. The number of hydrogen-bond acceptors (Lipinski definition) is 4. The lowest BCUT2D eigenvalue weighted by molar-refractivity contribution is -0.147. The number of piperidine rings is 1. The van der Waals surface area contributed by atoms with Crippen molar-refractivity contribution in [1.82, 2.24) is 4.90 Å². The quantitative estimate of drug-likeness (QED) is 0.607. The molecule has 1 aliphatic heterocycles. The fourth-order valence-corrected chi connectivity index (χ4v) is 2.11. The molecule has 0 aromatic heterocycles. The molecule has 0 aliphatic carbocycles. The first-order chi connectivity index (χ1) is 9.61. The van der Waals surface area contributed by atoms with Crippen molar-refractivity contribution in [1.29, 1.82) is 0 Å². The fraction of sp³-hybridized carbons (Fsp3) is 0.400. The van der Waals surface area contributed by atoms with Gasteiger partial charge in [-0.25, -0.2) is 0 Å². The van der Waals surface area contributed by atoms with Crippen LogP contribution in [0.25, 0.3) is 0 Å². The van der Waals surface area contributed by atoms with Gasteiger partial charge < -0.3 is 4.74 Å². The van der Waals surface area contributed by atoms with Gasteiger partial charge in [0.05, 0.1) is 13.2 Å². The Morgan fingerprint density at radius 1 is 1.15 bits per heavy atom. The lowest BCUT2D eigenvalue weighted by Crippen LogP contribution is -2.43. The third-order valence-corrected chi connectivity index (χ3v) is 3.17. The van der Waals surface area contributed by atoms with E-state index in [9.17, 15) is 14.4 Å². The van der Waals surface area contributed by atoms with E-state index in [1.807, 2.05) is 6.92 Å². The maximum atomic E-state index is 12.1. The average Bonchev–Trinajstić information content (AvgIpc) is 2.44. The highest BCUT2D eigenvalue weighted by atomic mass is 16.5. The molecule has 1 fully saturated rings. The van der Waals surface area contributed by atoms with Crippen LogP contribution in [-0.4, -0.2) is 35.6 Å². The molecule has 2 rings (SSSR count). The lowest BCUT2D eigenvalue weighted by atomic mass is 10.1. The van der Waals surface area contributed by atoms with Crippen LogP contribution in [0.5, 0.6) is 5.75 Å². The minimum absolute atomic E-state index is 0.175. The standard InChI is InChI=1S/C15H17NO4/c1-2-20-12-8-6-11(7-9-12)13(17)10-16-14(18)4-3-5-15(16)19/h6-9H,2-5,10H2,1H3. The SMILES string of the molecule is CCOc1ccc(C(=O)CN2C(=O)CCCC2=O)cc1. The molecule has 0 spiro atoms. The van der Waals surface area contributed by atoms with Gasteiger partial charge in [0.15, 0.2) is 5.78 Å². The van der Waals surface area contributed by atoms with Crippen LogP contribution in [0.1, 0.15) is 36.5 Å². The molecule has 0 N–H and O–H groups in total. The first-order valence-corrected chi connectivity index (χ1v) is 6.71.